The minimum Gasteiger partial charge on any atom is -0.349 e. The standard InChI is InChI=1S/C16H14FN5O2S/c1-10-15(25-21-20-10)16(24)18-6-7-22-9-19-13(8-14(22)23)11-2-4-12(17)5-3-11/h2-5,8-9H,6-7H2,1H3,(H,18,24). The van der Waals surface area contributed by atoms with Gasteiger partial charge in [0.15, 0.2) is 0 Å². The smallest absolute Gasteiger partial charge is 0.265 e. The molecule has 0 aliphatic carbocycles. The minimum atomic E-state index is -0.348. The van der Waals surface area contributed by atoms with Gasteiger partial charge in [0.1, 0.15) is 10.7 Å². The fourth-order valence-electron chi connectivity index (χ4n) is 2.18. The number of carbonyl (C=O) groups excluding carboxylic acids is 1. The normalized spacial score (nSPS) is 10.6. The first kappa shape index (κ1) is 16.9. The van der Waals surface area contributed by atoms with E-state index in [1.54, 1.807) is 19.1 Å². The molecule has 0 bridgehead atoms. The molecule has 0 aliphatic heterocycles. The number of hydrogen-bond acceptors (Lipinski definition) is 6. The van der Waals surface area contributed by atoms with Gasteiger partial charge in [-0.25, -0.2) is 9.37 Å². The van der Waals surface area contributed by atoms with Gasteiger partial charge < -0.3 is 5.32 Å². The first-order chi connectivity index (χ1) is 12.0. The number of benzene rings is 1. The Balaban J connectivity index is 1.64. The highest BCUT2D eigenvalue weighted by atomic mass is 32.1. The third-order valence-corrected chi connectivity index (χ3v) is 4.34. The Morgan fingerprint density at radius 2 is 2.08 bits per heavy atom. The average Bonchev–Trinajstić information content (AvgIpc) is 3.03. The summed E-state index contributed by atoms with van der Waals surface area (Å²) in [6.07, 6.45) is 1.41. The molecule has 25 heavy (non-hydrogen) atoms. The summed E-state index contributed by atoms with van der Waals surface area (Å²) in [7, 11) is 0. The first-order valence-corrected chi connectivity index (χ1v) is 8.21. The molecular formula is C16H14FN5O2S. The van der Waals surface area contributed by atoms with Crippen molar-refractivity contribution in [2.75, 3.05) is 6.54 Å². The number of carbonyl (C=O) groups is 1. The van der Waals surface area contributed by atoms with Crippen LogP contribution >= 0.6 is 11.5 Å². The summed E-state index contributed by atoms with van der Waals surface area (Å²) in [6.45, 7) is 2.27. The van der Waals surface area contributed by atoms with E-state index in [2.05, 4.69) is 19.9 Å². The van der Waals surface area contributed by atoms with Crippen LogP contribution < -0.4 is 10.9 Å². The highest BCUT2D eigenvalue weighted by Gasteiger charge is 2.12. The number of amides is 1. The number of nitrogens with zero attached hydrogens (tertiary/aromatic N) is 4. The van der Waals surface area contributed by atoms with Crippen molar-refractivity contribution in [3.8, 4) is 11.3 Å². The maximum atomic E-state index is 12.9. The van der Waals surface area contributed by atoms with Crippen molar-refractivity contribution < 1.29 is 9.18 Å². The molecule has 0 radical (unpaired) electrons. The topological polar surface area (TPSA) is 89.8 Å². The van der Waals surface area contributed by atoms with Gasteiger partial charge in [0.05, 0.1) is 17.7 Å². The van der Waals surface area contributed by atoms with E-state index in [1.165, 1.54) is 29.1 Å². The highest BCUT2D eigenvalue weighted by Crippen LogP contribution is 2.15. The predicted octanol–water partition coefficient (Wildman–Crippen LogP) is 1.64. The molecular weight excluding hydrogens is 345 g/mol. The number of aromatic nitrogens is 4. The summed E-state index contributed by atoms with van der Waals surface area (Å²) >= 11 is 1.03. The zero-order chi connectivity index (χ0) is 17.8. The van der Waals surface area contributed by atoms with Crippen LogP contribution in [0.3, 0.4) is 0 Å². The summed E-state index contributed by atoms with van der Waals surface area (Å²) < 4.78 is 18.1. The van der Waals surface area contributed by atoms with Crippen molar-refractivity contribution in [2.45, 2.75) is 13.5 Å². The van der Waals surface area contributed by atoms with E-state index in [-0.39, 0.29) is 30.4 Å². The van der Waals surface area contributed by atoms with Crippen LogP contribution in [0.15, 0.2) is 41.5 Å². The molecule has 0 unspecified atom stereocenters. The van der Waals surface area contributed by atoms with Gasteiger partial charge in [0.25, 0.3) is 11.5 Å². The molecule has 0 aliphatic rings. The Morgan fingerprint density at radius 1 is 1.32 bits per heavy atom. The van der Waals surface area contributed by atoms with Gasteiger partial charge >= 0.3 is 0 Å². The van der Waals surface area contributed by atoms with Crippen LogP contribution in [0, 0.1) is 12.7 Å². The van der Waals surface area contributed by atoms with Crippen molar-refractivity contribution >= 4 is 17.4 Å². The molecule has 0 saturated carbocycles. The molecule has 0 saturated heterocycles. The number of nitrogens with one attached hydrogen (secondary N) is 1. The maximum absolute atomic E-state index is 12.9. The molecule has 1 N–H and O–H groups in total. The van der Waals surface area contributed by atoms with Crippen LogP contribution in [-0.4, -0.2) is 31.6 Å². The average molecular weight is 359 g/mol. The van der Waals surface area contributed by atoms with Gasteiger partial charge in [-0.3, -0.25) is 14.2 Å². The molecule has 9 heteroatoms. The van der Waals surface area contributed by atoms with E-state index < -0.39 is 0 Å². The van der Waals surface area contributed by atoms with Crippen LogP contribution in [0.25, 0.3) is 11.3 Å². The summed E-state index contributed by atoms with van der Waals surface area (Å²) in [5.41, 5.74) is 1.45. The maximum Gasteiger partial charge on any atom is 0.265 e. The summed E-state index contributed by atoms with van der Waals surface area (Å²) in [5.74, 6) is -0.615. The Morgan fingerprint density at radius 3 is 2.72 bits per heavy atom. The second-order valence-electron chi connectivity index (χ2n) is 5.26. The third-order valence-electron chi connectivity index (χ3n) is 3.52. The Labute approximate surface area is 146 Å². The molecule has 1 aromatic carbocycles. The molecule has 7 nitrogen and oxygen atoms in total. The lowest BCUT2D eigenvalue weighted by molar-refractivity contribution is 0.0955. The Hall–Kier alpha value is -2.94. The van der Waals surface area contributed by atoms with Crippen LogP contribution in [0.2, 0.25) is 0 Å². The predicted molar refractivity (Wildman–Crippen MR) is 90.9 cm³/mol. The zero-order valence-electron chi connectivity index (χ0n) is 13.3. The molecule has 3 rings (SSSR count). The fourth-order valence-corrected chi connectivity index (χ4v) is 2.76. The van der Waals surface area contributed by atoms with Crippen molar-refractivity contribution in [1.82, 2.24) is 24.5 Å². The quantitative estimate of drug-likeness (QED) is 0.748. The summed E-state index contributed by atoms with van der Waals surface area (Å²) in [4.78, 5) is 28.8. The van der Waals surface area contributed by atoms with Crippen molar-refractivity contribution in [1.29, 1.82) is 0 Å². The van der Waals surface area contributed by atoms with Gasteiger partial charge in [-0.2, -0.15) is 0 Å². The lowest BCUT2D eigenvalue weighted by atomic mass is 10.1. The molecule has 2 aromatic heterocycles. The van der Waals surface area contributed by atoms with E-state index in [9.17, 15) is 14.0 Å². The molecule has 2 heterocycles. The molecule has 0 atom stereocenters. The molecule has 0 fully saturated rings. The van der Waals surface area contributed by atoms with Crippen LogP contribution in [-0.2, 0) is 6.54 Å². The number of hydrogen-bond donors (Lipinski definition) is 1. The van der Waals surface area contributed by atoms with Gasteiger partial charge in [-0.15, -0.1) is 5.10 Å². The van der Waals surface area contributed by atoms with Gasteiger partial charge in [-0.1, -0.05) is 4.49 Å². The van der Waals surface area contributed by atoms with E-state index >= 15 is 0 Å². The van der Waals surface area contributed by atoms with Crippen LogP contribution in [0.1, 0.15) is 15.4 Å². The van der Waals surface area contributed by atoms with Gasteiger partial charge in [0.2, 0.25) is 0 Å². The number of halogens is 1. The number of rotatable bonds is 5. The molecule has 128 valence electrons. The fraction of sp³-hybridized carbons (Fsp3) is 0.188. The van der Waals surface area contributed by atoms with E-state index in [1.807, 2.05) is 0 Å². The Kier molecular flexibility index (Phi) is 4.94. The van der Waals surface area contributed by atoms with E-state index in [0.717, 1.165) is 11.5 Å². The lowest BCUT2D eigenvalue weighted by Crippen LogP contribution is -2.30. The van der Waals surface area contributed by atoms with E-state index in [0.29, 0.717) is 21.8 Å². The van der Waals surface area contributed by atoms with Crippen molar-refractivity contribution in [3.05, 3.63) is 63.4 Å². The Bertz CT molecular complexity index is 952. The van der Waals surface area contributed by atoms with E-state index in [4.69, 9.17) is 0 Å². The molecule has 0 spiro atoms. The van der Waals surface area contributed by atoms with Crippen LogP contribution in [0.5, 0.6) is 0 Å². The van der Waals surface area contributed by atoms with Crippen molar-refractivity contribution in [2.24, 2.45) is 0 Å². The SMILES string of the molecule is Cc1nnsc1C(=O)NCCn1cnc(-c2ccc(F)cc2)cc1=O. The second-order valence-corrected chi connectivity index (χ2v) is 6.01. The summed E-state index contributed by atoms with van der Waals surface area (Å²) in [6, 6.07) is 7.13. The molecule has 1 amide bonds. The molecule has 3 aromatic rings. The monoisotopic (exact) mass is 359 g/mol. The first-order valence-electron chi connectivity index (χ1n) is 7.44. The number of aryl methyl sites for hydroxylation is 1. The third kappa shape index (κ3) is 3.94. The second kappa shape index (κ2) is 7.31. The minimum absolute atomic E-state index is 0.251. The lowest BCUT2D eigenvalue weighted by Gasteiger charge is -2.07. The van der Waals surface area contributed by atoms with Gasteiger partial charge in [0, 0.05) is 24.7 Å². The summed E-state index contributed by atoms with van der Waals surface area (Å²) in [5, 5.41) is 6.50. The van der Waals surface area contributed by atoms with Gasteiger partial charge in [-0.05, 0) is 42.7 Å². The zero-order valence-corrected chi connectivity index (χ0v) is 14.1. The highest BCUT2D eigenvalue weighted by molar-refractivity contribution is 7.07. The van der Waals surface area contributed by atoms with Crippen molar-refractivity contribution in [3.63, 3.8) is 0 Å². The van der Waals surface area contributed by atoms with Crippen LogP contribution in [0.4, 0.5) is 4.39 Å². The largest absolute Gasteiger partial charge is 0.349 e.